The molecule has 1 rings (SSSR count). The van der Waals surface area contributed by atoms with Crippen molar-refractivity contribution in [2.75, 3.05) is 7.11 Å². The Labute approximate surface area is 75.3 Å². The van der Waals surface area contributed by atoms with Crippen molar-refractivity contribution >= 4 is 0 Å². The Morgan fingerprint density at radius 1 is 1.38 bits per heavy atom. The molecule has 72 valence electrons. The van der Waals surface area contributed by atoms with Crippen LogP contribution in [0.2, 0.25) is 0 Å². The highest BCUT2D eigenvalue weighted by Gasteiger charge is 2.12. The van der Waals surface area contributed by atoms with Crippen LogP contribution in [0.4, 0.5) is 8.78 Å². The summed E-state index contributed by atoms with van der Waals surface area (Å²) in [5.74, 6) is -2.04. The first kappa shape index (κ1) is 9.92. The van der Waals surface area contributed by atoms with E-state index in [1.165, 1.54) is 13.2 Å². The fourth-order valence-corrected chi connectivity index (χ4v) is 0.995. The summed E-state index contributed by atoms with van der Waals surface area (Å²) in [5.41, 5.74) is 6.02. The maximum atomic E-state index is 12.9. The lowest BCUT2D eigenvalue weighted by Crippen LogP contribution is -2.06. The highest BCUT2D eigenvalue weighted by Crippen LogP contribution is 2.24. The molecule has 0 aliphatic rings. The van der Waals surface area contributed by atoms with Gasteiger partial charge in [-0.25, -0.2) is 4.39 Å². The molecule has 0 aliphatic carbocycles. The molecule has 0 saturated heterocycles. The fourth-order valence-electron chi connectivity index (χ4n) is 0.995. The summed E-state index contributed by atoms with van der Waals surface area (Å²) in [6.45, 7) is 1.69. The molecule has 0 fully saturated rings. The van der Waals surface area contributed by atoms with Crippen molar-refractivity contribution in [3.05, 3.63) is 29.3 Å². The summed E-state index contributed by atoms with van der Waals surface area (Å²) in [6.07, 6.45) is 0. The van der Waals surface area contributed by atoms with Crippen LogP contribution >= 0.6 is 0 Å². The van der Waals surface area contributed by atoms with Crippen LogP contribution in [0.15, 0.2) is 12.1 Å². The van der Waals surface area contributed by atoms with Gasteiger partial charge in [-0.1, -0.05) is 0 Å². The lowest BCUT2D eigenvalue weighted by Gasteiger charge is -2.09. The lowest BCUT2D eigenvalue weighted by atomic mass is 10.1. The molecule has 2 nitrogen and oxygen atoms in total. The van der Waals surface area contributed by atoms with Crippen molar-refractivity contribution in [3.8, 4) is 5.75 Å². The molecule has 0 aromatic heterocycles. The Hall–Kier alpha value is -1.16. The van der Waals surface area contributed by atoms with E-state index < -0.39 is 11.6 Å². The van der Waals surface area contributed by atoms with E-state index in [2.05, 4.69) is 4.74 Å². The maximum Gasteiger partial charge on any atom is 0.200 e. The minimum Gasteiger partial charge on any atom is -0.494 e. The Kier molecular flexibility index (Phi) is 2.83. The standard InChI is InChI=1S/C9H11F2NO/c1-5(12)6-3-7(10)9(11)8(4-6)13-2/h3-5H,12H2,1-2H3/t5-/m0/s1. The van der Waals surface area contributed by atoms with Crippen molar-refractivity contribution in [2.24, 2.45) is 5.73 Å². The van der Waals surface area contributed by atoms with Gasteiger partial charge in [-0.3, -0.25) is 0 Å². The van der Waals surface area contributed by atoms with Crippen molar-refractivity contribution in [3.63, 3.8) is 0 Å². The van der Waals surface area contributed by atoms with E-state index in [0.29, 0.717) is 5.56 Å². The van der Waals surface area contributed by atoms with Crippen LogP contribution in [0.3, 0.4) is 0 Å². The van der Waals surface area contributed by atoms with Gasteiger partial charge < -0.3 is 10.5 Å². The summed E-state index contributed by atoms with van der Waals surface area (Å²) in [7, 11) is 1.28. The van der Waals surface area contributed by atoms with Crippen LogP contribution in [0.1, 0.15) is 18.5 Å². The van der Waals surface area contributed by atoms with Crippen molar-refractivity contribution in [1.82, 2.24) is 0 Å². The number of hydrogen-bond acceptors (Lipinski definition) is 2. The number of benzene rings is 1. The Bertz CT molecular complexity index is 313. The van der Waals surface area contributed by atoms with Gasteiger partial charge in [-0.2, -0.15) is 4.39 Å². The molecule has 0 aliphatic heterocycles. The van der Waals surface area contributed by atoms with Gasteiger partial charge in [-0.15, -0.1) is 0 Å². The molecule has 0 amide bonds. The van der Waals surface area contributed by atoms with Crippen LogP contribution in [-0.4, -0.2) is 7.11 Å². The van der Waals surface area contributed by atoms with Crippen LogP contribution in [0.5, 0.6) is 5.75 Å². The first-order chi connectivity index (χ1) is 6.06. The average Bonchev–Trinajstić information content (AvgIpc) is 2.09. The minimum atomic E-state index is -0.980. The predicted octanol–water partition coefficient (Wildman–Crippen LogP) is 1.99. The monoisotopic (exact) mass is 187 g/mol. The summed E-state index contributed by atoms with van der Waals surface area (Å²) in [4.78, 5) is 0. The zero-order chi connectivity index (χ0) is 10.0. The normalized spacial score (nSPS) is 12.7. The number of ether oxygens (including phenoxy) is 1. The number of hydrogen-bond donors (Lipinski definition) is 1. The van der Waals surface area contributed by atoms with Crippen LogP contribution in [0, 0.1) is 11.6 Å². The van der Waals surface area contributed by atoms with E-state index in [1.54, 1.807) is 6.92 Å². The number of methoxy groups -OCH3 is 1. The molecule has 1 aromatic rings. The molecular weight excluding hydrogens is 176 g/mol. The maximum absolute atomic E-state index is 12.9. The molecule has 0 bridgehead atoms. The zero-order valence-corrected chi connectivity index (χ0v) is 7.47. The predicted molar refractivity (Wildman–Crippen MR) is 45.5 cm³/mol. The summed E-state index contributed by atoms with van der Waals surface area (Å²) in [6, 6.07) is 2.12. The van der Waals surface area contributed by atoms with Gasteiger partial charge in [0.15, 0.2) is 11.6 Å². The van der Waals surface area contributed by atoms with Gasteiger partial charge >= 0.3 is 0 Å². The van der Waals surface area contributed by atoms with Crippen LogP contribution in [0.25, 0.3) is 0 Å². The Morgan fingerprint density at radius 2 is 2.00 bits per heavy atom. The second kappa shape index (κ2) is 3.70. The lowest BCUT2D eigenvalue weighted by molar-refractivity contribution is 0.370. The number of rotatable bonds is 2. The minimum absolute atomic E-state index is 0.118. The quantitative estimate of drug-likeness (QED) is 0.768. The molecule has 0 radical (unpaired) electrons. The Morgan fingerprint density at radius 3 is 2.46 bits per heavy atom. The topological polar surface area (TPSA) is 35.2 Å². The molecule has 1 aromatic carbocycles. The third kappa shape index (κ3) is 1.95. The molecule has 13 heavy (non-hydrogen) atoms. The molecule has 0 unspecified atom stereocenters. The van der Waals surface area contributed by atoms with E-state index in [0.717, 1.165) is 6.07 Å². The second-order valence-corrected chi connectivity index (χ2v) is 2.81. The third-order valence-electron chi connectivity index (χ3n) is 1.76. The highest BCUT2D eigenvalue weighted by molar-refractivity contribution is 5.32. The van der Waals surface area contributed by atoms with Gasteiger partial charge in [0.1, 0.15) is 0 Å². The molecule has 0 saturated carbocycles. The highest BCUT2D eigenvalue weighted by atomic mass is 19.2. The molecule has 0 spiro atoms. The van der Waals surface area contributed by atoms with Crippen LogP contribution < -0.4 is 10.5 Å². The van der Waals surface area contributed by atoms with E-state index in [-0.39, 0.29) is 11.8 Å². The molecule has 2 N–H and O–H groups in total. The number of nitrogens with two attached hydrogens (primary N) is 1. The van der Waals surface area contributed by atoms with Gasteiger partial charge in [0.2, 0.25) is 5.82 Å². The SMILES string of the molecule is COc1cc([C@H](C)N)cc(F)c1F. The average molecular weight is 187 g/mol. The van der Waals surface area contributed by atoms with Crippen molar-refractivity contribution in [1.29, 1.82) is 0 Å². The summed E-state index contributed by atoms with van der Waals surface area (Å²) >= 11 is 0. The Balaban J connectivity index is 3.22. The van der Waals surface area contributed by atoms with Gasteiger partial charge in [0.25, 0.3) is 0 Å². The van der Waals surface area contributed by atoms with E-state index in [1.807, 2.05) is 0 Å². The van der Waals surface area contributed by atoms with Gasteiger partial charge in [0.05, 0.1) is 7.11 Å². The second-order valence-electron chi connectivity index (χ2n) is 2.81. The molecule has 0 heterocycles. The number of halogens is 2. The first-order valence-corrected chi connectivity index (χ1v) is 3.84. The van der Waals surface area contributed by atoms with E-state index in [4.69, 9.17) is 5.73 Å². The molecular formula is C9H11F2NO. The van der Waals surface area contributed by atoms with Gasteiger partial charge in [0, 0.05) is 6.04 Å². The summed E-state index contributed by atoms with van der Waals surface area (Å²) < 4.78 is 30.4. The van der Waals surface area contributed by atoms with Crippen molar-refractivity contribution < 1.29 is 13.5 Å². The summed E-state index contributed by atoms with van der Waals surface area (Å²) in [5, 5.41) is 0. The van der Waals surface area contributed by atoms with E-state index in [9.17, 15) is 8.78 Å². The first-order valence-electron chi connectivity index (χ1n) is 3.84. The molecule has 1 atom stereocenters. The smallest absolute Gasteiger partial charge is 0.200 e. The third-order valence-corrected chi connectivity index (χ3v) is 1.76. The van der Waals surface area contributed by atoms with Crippen molar-refractivity contribution in [2.45, 2.75) is 13.0 Å². The largest absolute Gasteiger partial charge is 0.494 e. The van der Waals surface area contributed by atoms with Gasteiger partial charge in [-0.05, 0) is 24.6 Å². The van der Waals surface area contributed by atoms with Crippen LogP contribution in [-0.2, 0) is 0 Å². The fraction of sp³-hybridized carbons (Fsp3) is 0.333. The molecule has 4 heteroatoms. The van der Waals surface area contributed by atoms with E-state index >= 15 is 0 Å². The zero-order valence-electron chi connectivity index (χ0n) is 7.47.